The van der Waals surface area contributed by atoms with Crippen molar-refractivity contribution in [3.63, 3.8) is 0 Å². The minimum atomic E-state index is -3.83. The van der Waals surface area contributed by atoms with E-state index in [9.17, 15) is 13.2 Å². The lowest BCUT2D eigenvalue weighted by Crippen LogP contribution is -2.56. The lowest BCUT2D eigenvalue weighted by atomic mass is 10.0. The molecule has 1 saturated heterocycles. The maximum absolute atomic E-state index is 13.2. The van der Waals surface area contributed by atoms with Crippen molar-refractivity contribution in [1.82, 2.24) is 14.1 Å². The average Bonchev–Trinajstić information content (AvgIpc) is 2.62. The van der Waals surface area contributed by atoms with Crippen LogP contribution in [0, 0.1) is 5.92 Å². The normalized spacial score (nSPS) is 17.6. The van der Waals surface area contributed by atoms with E-state index in [1.807, 2.05) is 30.3 Å². The quantitative estimate of drug-likeness (QED) is 0.566. The third-order valence-corrected chi connectivity index (χ3v) is 6.41. The summed E-state index contributed by atoms with van der Waals surface area (Å²) in [6, 6.07) is 8.18. The Labute approximate surface area is 149 Å². The maximum Gasteiger partial charge on any atom is 0.283 e. The van der Waals surface area contributed by atoms with Gasteiger partial charge in [0.05, 0.1) is 0 Å². The van der Waals surface area contributed by atoms with Crippen LogP contribution in [-0.2, 0) is 21.5 Å². The highest BCUT2D eigenvalue weighted by Gasteiger charge is 2.40. The number of hydrogen-bond acceptors (Lipinski definition) is 4. The van der Waals surface area contributed by atoms with Crippen LogP contribution in [0.3, 0.4) is 0 Å². The van der Waals surface area contributed by atoms with Gasteiger partial charge in [0.1, 0.15) is 6.04 Å². The van der Waals surface area contributed by atoms with E-state index >= 15 is 0 Å². The zero-order valence-electron chi connectivity index (χ0n) is 14.8. The van der Waals surface area contributed by atoms with Crippen molar-refractivity contribution in [3.05, 3.63) is 35.9 Å². The Morgan fingerprint density at radius 1 is 1.20 bits per heavy atom. The molecule has 0 radical (unpaired) electrons. The van der Waals surface area contributed by atoms with E-state index in [0.29, 0.717) is 13.1 Å². The van der Waals surface area contributed by atoms with Gasteiger partial charge in [-0.15, -0.1) is 0 Å². The average molecular weight is 369 g/mol. The Hall–Kier alpha value is -1.48. The van der Waals surface area contributed by atoms with E-state index in [4.69, 9.17) is 5.21 Å². The zero-order chi connectivity index (χ0) is 18.4. The third-order valence-electron chi connectivity index (χ3n) is 4.44. The van der Waals surface area contributed by atoms with Crippen molar-refractivity contribution in [2.75, 3.05) is 13.1 Å². The van der Waals surface area contributed by atoms with Crippen molar-refractivity contribution >= 4 is 16.1 Å². The number of carbonyl (C=O) groups excluding carboxylic acids is 1. The number of amides is 1. The maximum atomic E-state index is 13.2. The van der Waals surface area contributed by atoms with Crippen LogP contribution >= 0.6 is 0 Å². The van der Waals surface area contributed by atoms with Gasteiger partial charge in [0, 0.05) is 19.6 Å². The summed E-state index contributed by atoms with van der Waals surface area (Å²) < 4.78 is 29.1. The van der Waals surface area contributed by atoms with Crippen LogP contribution in [-0.4, -0.2) is 47.3 Å². The first-order valence-corrected chi connectivity index (χ1v) is 10.0. The van der Waals surface area contributed by atoms with E-state index in [-0.39, 0.29) is 12.5 Å². The molecule has 25 heavy (non-hydrogen) atoms. The van der Waals surface area contributed by atoms with E-state index < -0.39 is 22.2 Å². The molecule has 0 saturated carbocycles. The Morgan fingerprint density at radius 2 is 1.80 bits per heavy atom. The summed E-state index contributed by atoms with van der Waals surface area (Å²) in [6.07, 6.45) is 2.64. The van der Waals surface area contributed by atoms with Crippen LogP contribution in [0.4, 0.5) is 0 Å². The SMILES string of the molecule is CC(C)C(C(=O)NO)N(Cc1ccccc1)S(=O)(=O)N1CCCCC1. The van der Waals surface area contributed by atoms with Gasteiger partial charge >= 0.3 is 0 Å². The monoisotopic (exact) mass is 369 g/mol. The van der Waals surface area contributed by atoms with Crippen LogP contribution in [0.2, 0.25) is 0 Å². The summed E-state index contributed by atoms with van der Waals surface area (Å²) in [6.45, 7) is 4.53. The molecule has 1 heterocycles. The molecule has 1 aromatic rings. The smallest absolute Gasteiger partial charge is 0.283 e. The van der Waals surface area contributed by atoms with Gasteiger partial charge in [-0.3, -0.25) is 10.0 Å². The number of hydrogen-bond donors (Lipinski definition) is 2. The van der Waals surface area contributed by atoms with Gasteiger partial charge in [-0.05, 0) is 24.3 Å². The molecule has 0 bridgehead atoms. The van der Waals surface area contributed by atoms with Gasteiger partial charge in [0.25, 0.3) is 16.1 Å². The van der Waals surface area contributed by atoms with Gasteiger partial charge < -0.3 is 0 Å². The molecule has 1 unspecified atom stereocenters. The van der Waals surface area contributed by atoms with Gasteiger partial charge in [-0.25, -0.2) is 5.48 Å². The third kappa shape index (κ3) is 4.78. The first kappa shape index (κ1) is 19.8. The number of rotatable bonds is 7. The summed E-state index contributed by atoms with van der Waals surface area (Å²) in [4.78, 5) is 12.2. The van der Waals surface area contributed by atoms with Crippen molar-refractivity contribution in [2.24, 2.45) is 5.92 Å². The van der Waals surface area contributed by atoms with E-state index in [0.717, 1.165) is 24.8 Å². The minimum absolute atomic E-state index is 0.0793. The predicted molar refractivity (Wildman–Crippen MR) is 94.9 cm³/mol. The number of hydroxylamine groups is 1. The highest BCUT2D eigenvalue weighted by atomic mass is 32.2. The summed E-state index contributed by atoms with van der Waals surface area (Å²) in [7, 11) is -3.83. The van der Waals surface area contributed by atoms with Crippen LogP contribution in [0.1, 0.15) is 38.7 Å². The summed E-state index contributed by atoms with van der Waals surface area (Å²) in [5, 5.41) is 9.11. The summed E-state index contributed by atoms with van der Waals surface area (Å²) >= 11 is 0. The van der Waals surface area contributed by atoms with Crippen LogP contribution in [0.25, 0.3) is 0 Å². The molecular weight excluding hydrogens is 342 g/mol. The van der Waals surface area contributed by atoms with Crippen molar-refractivity contribution in [2.45, 2.75) is 45.7 Å². The van der Waals surface area contributed by atoms with Gasteiger partial charge in [-0.1, -0.05) is 50.6 Å². The second-order valence-corrected chi connectivity index (χ2v) is 8.54. The number of nitrogens with one attached hydrogen (secondary N) is 1. The first-order valence-electron chi connectivity index (χ1n) is 8.62. The molecule has 1 amide bonds. The molecule has 7 nitrogen and oxygen atoms in total. The van der Waals surface area contributed by atoms with Crippen molar-refractivity contribution in [3.8, 4) is 0 Å². The molecule has 8 heteroatoms. The first-order chi connectivity index (χ1) is 11.9. The molecule has 1 aliphatic rings. The van der Waals surface area contributed by atoms with Crippen LogP contribution in [0.15, 0.2) is 30.3 Å². The van der Waals surface area contributed by atoms with E-state index in [1.165, 1.54) is 8.61 Å². The van der Waals surface area contributed by atoms with Crippen molar-refractivity contribution < 1.29 is 18.4 Å². The topological polar surface area (TPSA) is 90.0 Å². The molecule has 1 fully saturated rings. The number of piperidine rings is 1. The molecule has 1 aromatic carbocycles. The van der Waals surface area contributed by atoms with Gasteiger partial charge in [0.15, 0.2) is 0 Å². The molecule has 1 aliphatic heterocycles. The molecular formula is C17H27N3O4S. The second kappa shape index (κ2) is 8.75. The molecule has 0 aromatic heterocycles. The zero-order valence-corrected chi connectivity index (χ0v) is 15.6. The molecule has 2 N–H and O–H groups in total. The lowest BCUT2D eigenvalue weighted by molar-refractivity contribution is -0.134. The Morgan fingerprint density at radius 3 is 2.32 bits per heavy atom. The van der Waals surface area contributed by atoms with Crippen molar-refractivity contribution in [1.29, 1.82) is 0 Å². The lowest BCUT2D eigenvalue weighted by Gasteiger charge is -2.37. The number of carbonyl (C=O) groups is 1. The summed E-state index contributed by atoms with van der Waals surface area (Å²) in [5.41, 5.74) is 2.42. The van der Waals surface area contributed by atoms with E-state index in [2.05, 4.69) is 0 Å². The molecule has 0 aliphatic carbocycles. The largest absolute Gasteiger partial charge is 0.289 e. The Balaban J connectivity index is 2.41. The van der Waals surface area contributed by atoms with Gasteiger partial charge in [0.2, 0.25) is 0 Å². The molecule has 1 atom stereocenters. The Bertz CT molecular complexity index is 658. The number of benzene rings is 1. The number of nitrogens with zero attached hydrogens (tertiary/aromatic N) is 2. The predicted octanol–water partition coefficient (Wildman–Crippen LogP) is 1.75. The molecule has 2 rings (SSSR count). The standard InChI is InChI=1S/C17H27N3O4S/c1-14(2)16(17(21)18-22)20(13-15-9-5-3-6-10-15)25(23,24)19-11-7-4-8-12-19/h3,5-6,9-10,14,16,22H,4,7-8,11-13H2,1-2H3,(H,18,21). The van der Waals surface area contributed by atoms with Gasteiger partial charge in [-0.2, -0.15) is 17.0 Å². The second-order valence-electron chi connectivity index (χ2n) is 6.66. The fourth-order valence-corrected chi connectivity index (χ4v) is 5.12. The highest BCUT2D eigenvalue weighted by molar-refractivity contribution is 7.86. The molecule has 0 spiro atoms. The highest BCUT2D eigenvalue weighted by Crippen LogP contribution is 2.24. The fraction of sp³-hybridized carbons (Fsp3) is 0.588. The van der Waals surface area contributed by atoms with E-state index in [1.54, 1.807) is 19.3 Å². The summed E-state index contributed by atoms with van der Waals surface area (Å²) in [5.74, 6) is -1.01. The van der Waals surface area contributed by atoms with Crippen LogP contribution < -0.4 is 5.48 Å². The minimum Gasteiger partial charge on any atom is -0.289 e. The molecule has 140 valence electrons. The van der Waals surface area contributed by atoms with Crippen LogP contribution in [0.5, 0.6) is 0 Å². The fourth-order valence-electron chi connectivity index (χ4n) is 3.16. The Kier molecular flexibility index (Phi) is 6.95.